The van der Waals surface area contributed by atoms with Gasteiger partial charge in [0, 0.05) is 0 Å². The predicted molar refractivity (Wildman–Crippen MR) is 63.9 cm³/mol. The lowest BCUT2D eigenvalue weighted by Gasteiger charge is -2.29. The van der Waals surface area contributed by atoms with E-state index in [1.54, 1.807) is 6.07 Å². The lowest BCUT2D eigenvalue weighted by Crippen LogP contribution is -2.28. The molecule has 16 heavy (non-hydrogen) atoms. The molecule has 1 aromatic carbocycles. The fourth-order valence-corrected chi connectivity index (χ4v) is 2.31. The molecule has 0 amide bonds. The van der Waals surface area contributed by atoms with Crippen LogP contribution in [0, 0.1) is 5.92 Å². The Hall–Kier alpha value is -1.31. The highest BCUT2D eigenvalue weighted by Crippen LogP contribution is 2.29. The maximum atomic E-state index is 10.9. The highest BCUT2D eigenvalue weighted by molar-refractivity contribution is 5.79. The monoisotopic (exact) mass is 218 g/mol. The van der Waals surface area contributed by atoms with Crippen molar-refractivity contribution in [2.24, 2.45) is 5.92 Å². The summed E-state index contributed by atoms with van der Waals surface area (Å²) in [5.74, 6) is 1.32. The third-order valence-electron chi connectivity index (χ3n) is 3.36. The van der Waals surface area contributed by atoms with Gasteiger partial charge in [-0.2, -0.15) is 0 Å². The first-order valence-corrected chi connectivity index (χ1v) is 6.02. The van der Waals surface area contributed by atoms with E-state index in [0.717, 1.165) is 18.5 Å². The van der Waals surface area contributed by atoms with Crippen LogP contribution in [-0.2, 0) is 0 Å². The van der Waals surface area contributed by atoms with Gasteiger partial charge in [0.05, 0.1) is 5.56 Å². The molecule has 0 N–H and O–H groups in total. The Morgan fingerprint density at radius 3 is 2.75 bits per heavy atom. The molecule has 1 aliphatic carbocycles. The minimum atomic E-state index is 0.273. The molecule has 0 spiro atoms. The zero-order valence-electron chi connectivity index (χ0n) is 9.69. The van der Waals surface area contributed by atoms with Crippen molar-refractivity contribution in [3.63, 3.8) is 0 Å². The maximum absolute atomic E-state index is 10.9. The highest BCUT2D eigenvalue weighted by atomic mass is 16.5. The van der Waals surface area contributed by atoms with Gasteiger partial charge in [-0.3, -0.25) is 4.79 Å². The molecule has 0 aliphatic heterocycles. The number of aldehydes is 1. The van der Waals surface area contributed by atoms with Crippen molar-refractivity contribution in [3.05, 3.63) is 29.8 Å². The van der Waals surface area contributed by atoms with E-state index in [0.29, 0.717) is 11.5 Å². The van der Waals surface area contributed by atoms with Crippen LogP contribution in [0.1, 0.15) is 43.0 Å². The van der Waals surface area contributed by atoms with Crippen LogP contribution in [0.3, 0.4) is 0 Å². The number of para-hydroxylation sites is 1. The molecule has 2 unspecified atom stereocenters. The zero-order chi connectivity index (χ0) is 11.4. The van der Waals surface area contributed by atoms with Crippen molar-refractivity contribution in [3.8, 4) is 5.75 Å². The molecule has 0 saturated heterocycles. The van der Waals surface area contributed by atoms with Gasteiger partial charge in [0.2, 0.25) is 0 Å². The molecular weight excluding hydrogens is 200 g/mol. The van der Waals surface area contributed by atoms with Crippen LogP contribution in [0.4, 0.5) is 0 Å². The van der Waals surface area contributed by atoms with Crippen molar-refractivity contribution in [2.75, 3.05) is 0 Å². The van der Waals surface area contributed by atoms with Crippen LogP contribution in [0.5, 0.6) is 5.75 Å². The third kappa shape index (κ3) is 2.43. The first-order chi connectivity index (χ1) is 7.81. The Labute approximate surface area is 96.6 Å². The van der Waals surface area contributed by atoms with Gasteiger partial charge in [0.15, 0.2) is 6.29 Å². The van der Waals surface area contributed by atoms with Crippen molar-refractivity contribution in [2.45, 2.75) is 38.7 Å². The summed E-state index contributed by atoms with van der Waals surface area (Å²) in [4.78, 5) is 10.9. The van der Waals surface area contributed by atoms with E-state index in [4.69, 9.17) is 4.74 Å². The number of benzene rings is 1. The quantitative estimate of drug-likeness (QED) is 0.726. The number of carbonyl (C=O) groups is 1. The number of hydrogen-bond acceptors (Lipinski definition) is 2. The molecule has 2 nitrogen and oxygen atoms in total. The third-order valence-corrected chi connectivity index (χ3v) is 3.36. The van der Waals surface area contributed by atoms with Crippen LogP contribution < -0.4 is 4.74 Å². The molecular formula is C14H18O2. The summed E-state index contributed by atoms with van der Waals surface area (Å²) in [6.45, 7) is 2.23. The summed E-state index contributed by atoms with van der Waals surface area (Å²) >= 11 is 0. The Bertz CT molecular complexity index is 360. The van der Waals surface area contributed by atoms with Crippen molar-refractivity contribution >= 4 is 6.29 Å². The molecule has 0 heterocycles. The fraction of sp³-hybridized carbons (Fsp3) is 0.500. The van der Waals surface area contributed by atoms with E-state index >= 15 is 0 Å². The van der Waals surface area contributed by atoms with Crippen LogP contribution in [0.25, 0.3) is 0 Å². The summed E-state index contributed by atoms with van der Waals surface area (Å²) in [5.41, 5.74) is 0.653. The van der Waals surface area contributed by atoms with Gasteiger partial charge in [0.25, 0.3) is 0 Å². The van der Waals surface area contributed by atoms with Crippen molar-refractivity contribution in [1.29, 1.82) is 0 Å². The van der Waals surface area contributed by atoms with Crippen LogP contribution in [0.15, 0.2) is 24.3 Å². The van der Waals surface area contributed by atoms with Gasteiger partial charge in [-0.05, 0) is 37.3 Å². The lowest BCUT2D eigenvalue weighted by atomic mass is 9.88. The molecule has 1 fully saturated rings. The van der Waals surface area contributed by atoms with Gasteiger partial charge in [0.1, 0.15) is 11.9 Å². The minimum Gasteiger partial charge on any atom is -0.489 e. The second-order valence-electron chi connectivity index (χ2n) is 4.57. The summed E-state index contributed by atoms with van der Waals surface area (Å²) in [6, 6.07) is 7.46. The SMILES string of the molecule is CC1CCCCC1Oc1ccccc1C=O. The van der Waals surface area contributed by atoms with Crippen LogP contribution in [0.2, 0.25) is 0 Å². The van der Waals surface area contributed by atoms with E-state index < -0.39 is 0 Å². The molecule has 1 aliphatic rings. The standard InChI is InChI=1S/C14H18O2/c1-11-6-2-4-8-13(11)16-14-9-5-3-7-12(14)10-15/h3,5,7,9-11,13H,2,4,6,8H2,1H3. The zero-order valence-corrected chi connectivity index (χ0v) is 9.69. The van der Waals surface area contributed by atoms with Gasteiger partial charge >= 0.3 is 0 Å². The average Bonchev–Trinajstić information content (AvgIpc) is 2.33. The second-order valence-corrected chi connectivity index (χ2v) is 4.57. The Balaban J connectivity index is 2.10. The molecule has 1 saturated carbocycles. The topological polar surface area (TPSA) is 26.3 Å². The minimum absolute atomic E-state index is 0.273. The van der Waals surface area contributed by atoms with Crippen molar-refractivity contribution in [1.82, 2.24) is 0 Å². The predicted octanol–water partition coefficient (Wildman–Crippen LogP) is 3.46. The van der Waals surface area contributed by atoms with E-state index in [-0.39, 0.29) is 6.10 Å². The van der Waals surface area contributed by atoms with E-state index in [9.17, 15) is 4.79 Å². The molecule has 0 bridgehead atoms. The van der Waals surface area contributed by atoms with E-state index in [1.807, 2.05) is 18.2 Å². The lowest BCUT2D eigenvalue weighted by molar-refractivity contribution is 0.0986. The first kappa shape index (κ1) is 11.2. The molecule has 2 atom stereocenters. The van der Waals surface area contributed by atoms with E-state index in [2.05, 4.69) is 6.92 Å². The average molecular weight is 218 g/mol. The van der Waals surface area contributed by atoms with Crippen molar-refractivity contribution < 1.29 is 9.53 Å². The first-order valence-electron chi connectivity index (χ1n) is 6.02. The van der Waals surface area contributed by atoms with E-state index in [1.165, 1.54) is 19.3 Å². The van der Waals surface area contributed by atoms with Crippen LogP contribution in [-0.4, -0.2) is 12.4 Å². The molecule has 2 heteroatoms. The Kier molecular flexibility index (Phi) is 3.60. The normalized spacial score (nSPS) is 25.1. The number of rotatable bonds is 3. The largest absolute Gasteiger partial charge is 0.489 e. The molecule has 86 valence electrons. The number of hydrogen-bond donors (Lipinski definition) is 0. The summed E-state index contributed by atoms with van der Waals surface area (Å²) in [7, 11) is 0. The molecule has 0 aromatic heterocycles. The summed E-state index contributed by atoms with van der Waals surface area (Å²) < 4.78 is 5.96. The van der Waals surface area contributed by atoms with Gasteiger partial charge in [-0.25, -0.2) is 0 Å². The number of carbonyl (C=O) groups excluding carboxylic acids is 1. The second kappa shape index (κ2) is 5.15. The van der Waals surface area contributed by atoms with Crippen LogP contribution >= 0.6 is 0 Å². The summed E-state index contributed by atoms with van der Waals surface area (Å²) in [5, 5.41) is 0. The fourth-order valence-electron chi connectivity index (χ4n) is 2.31. The smallest absolute Gasteiger partial charge is 0.153 e. The summed E-state index contributed by atoms with van der Waals surface area (Å²) in [6.07, 6.45) is 6.01. The molecule has 2 rings (SSSR count). The van der Waals surface area contributed by atoms with Gasteiger partial charge in [-0.1, -0.05) is 25.5 Å². The number of ether oxygens (including phenoxy) is 1. The molecule has 1 aromatic rings. The molecule has 0 radical (unpaired) electrons. The highest BCUT2D eigenvalue weighted by Gasteiger charge is 2.23. The maximum Gasteiger partial charge on any atom is 0.153 e. The van der Waals surface area contributed by atoms with Gasteiger partial charge < -0.3 is 4.74 Å². The van der Waals surface area contributed by atoms with Gasteiger partial charge in [-0.15, -0.1) is 0 Å². The Morgan fingerprint density at radius 1 is 1.25 bits per heavy atom. The Morgan fingerprint density at radius 2 is 2.00 bits per heavy atom.